The molecular weight excluding hydrogens is 320 g/mol. The minimum atomic E-state index is 0.796. The molecule has 3 heterocycles. The van der Waals surface area contributed by atoms with Gasteiger partial charge in [-0.15, -0.1) is 10.2 Å². The zero-order valence-corrected chi connectivity index (χ0v) is 14.2. The molecule has 0 aliphatic carbocycles. The van der Waals surface area contributed by atoms with E-state index in [0.717, 1.165) is 39.0 Å². The smallest absolute Gasteiger partial charge is 0.191 e. The van der Waals surface area contributed by atoms with Crippen LogP contribution in [0, 0.1) is 6.92 Å². The fourth-order valence-electron chi connectivity index (χ4n) is 2.72. The predicted molar refractivity (Wildman–Crippen MR) is 94.7 cm³/mol. The number of thioether (sulfide) groups is 1. The van der Waals surface area contributed by atoms with Gasteiger partial charge in [0, 0.05) is 24.4 Å². The van der Waals surface area contributed by atoms with E-state index >= 15 is 0 Å². The van der Waals surface area contributed by atoms with Crippen molar-refractivity contribution in [1.82, 2.24) is 19.7 Å². The molecule has 24 heavy (non-hydrogen) atoms. The van der Waals surface area contributed by atoms with Crippen molar-refractivity contribution in [2.24, 2.45) is 7.05 Å². The number of fused-ring (bicyclic) bond motifs is 1. The molecule has 6 heteroatoms. The highest BCUT2D eigenvalue weighted by atomic mass is 32.2. The van der Waals surface area contributed by atoms with Crippen LogP contribution in [0.15, 0.2) is 58.4 Å². The highest BCUT2D eigenvalue weighted by Crippen LogP contribution is 2.29. The Balaban J connectivity index is 1.60. The summed E-state index contributed by atoms with van der Waals surface area (Å²) in [7, 11) is 1.98. The number of rotatable bonds is 4. The van der Waals surface area contributed by atoms with E-state index in [9.17, 15) is 0 Å². The fourth-order valence-corrected chi connectivity index (χ4v) is 3.61. The molecule has 0 amide bonds. The normalized spacial score (nSPS) is 11.2. The Morgan fingerprint density at radius 2 is 2.00 bits per heavy atom. The number of furan rings is 1. The number of hydrogen-bond acceptors (Lipinski definition) is 5. The number of hydrogen-bond donors (Lipinski definition) is 0. The minimum Gasteiger partial charge on any atom is -0.469 e. The molecule has 4 aromatic rings. The molecule has 0 aliphatic rings. The first-order chi connectivity index (χ1) is 11.7. The van der Waals surface area contributed by atoms with Gasteiger partial charge in [-0.25, -0.2) is 0 Å². The average molecular weight is 336 g/mol. The van der Waals surface area contributed by atoms with Crippen LogP contribution >= 0.6 is 11.8 Å². The summed E-state index contributed by atoms with van der Waals surface area (Å²) >= 11 is 1.66. The number of benzene rings is 1. The van der Waals surface area contributed by atoms with Gasteiger partial charge in [-0.1, -0.05) is 36.0 Å². The summed E-state index contributed by atoms with van der Waals surface area (Å²) in [6, 6.07) is 12.2. The van der Waals surface area contributed by atoms with E-state index in [-0.39, 0.29) is 0 Å². The third-order valence-electron chi connectivity index (χ3n) is 4.01. The molecule has 1 aromatic carbocycles. The third kappa shape index (κ3) is 2.59. The molecule has 4 rings (SSSR count). The van der Waals surface area contributed by atoms with Crippen LogP contribution in [-0.2, 0) is 12.8 Å². The van der Waals surface area contributed by atoms with E-state index in [1.165, 1.54) is 5.56 Å². The van der Waals surface area contributed by atoms with Crippen molar-refractivity contribution >= 4 is 22.7 Å². The van der Waals surface area contributed by atoms with Gasteiger partial charge in [0.25, 0.3) is 0 Å². The van der Waals surface area contributed by atoms with Crippen LogP contribution < -0.4 is 0 Å². The lowest BCUT2D eigenvalue weighted by molar-refractivity contribution is 0.534. The molecule has 0 radical (unpaired) electrons. The van der Waals surface area contributed by atoms with Gasteiger partial charge in [0.05, 0.1) is 17.3 Å². The SMILES string of the molecule is Cc1occc1-c1nnc(SCc2cccc3cccnc23)n1C. The van der Waals surface area contributed by atoms with Gasteiger partial charge in [-0.2, -0.15) is 0 Å². The number of pyridine rings is 1. The van der Waals surface area contributed by atoms with Crippen molar-refractivity contribution in [3.8, 4) is 11.4 Å². The van der Waals surface area contributed by atoms with E-state index in [1.54, 1.807) is 18.0 Å². The first kappa shape index (κ1) is 15.0. The highest BCUT2D eigenvalue weighted by Gasteiger charge is 2.15. The summed E-state index contributed by atoms with van der Waals surface area (Å²) in [5.41, 5.74) is 3.21. The van der Waals surface area contributed by atoms with Crippen LogP contribution in [0.2, 0.25) is 0 Å². The number of nitrogens with zero attached hydrogens (tertiary/aromatic N) is 4. The van der Waals surface area contributed by atoms with Crippen LogP contribution in [0.3, 0.4) is 0 Å². The van der Waals surface area contributed by atoms with Gasteiger partial charge in [0.15, 0.2) is 11.0 Å². The van der Waals surface area contributed by atoms with E-state index in [4.69, 9.17) is 4.42 Å². The lowest BCUT2D eigenvalue weighted by Gasteiger charge is -2.06. The maximum atomic E-state index is 5.36. The van der Waals surface area contributed by atoms with E-state index in [1.807, 2.05) is 36.9 Å². The number of para-hydroxylation sites is 1. The van der Waals surface area contributed by atoms with Gasteiger partial charge in [-0.05, 0) is 24.6 Å². The number of aromatic nitrogens is 4. The molecule has 0 fully saturated rings. The molecule has 120 valence electrons. The quantitative estimate of drug-likeness (QED) is 0.522. The molecule has 0 saturated carbocycles. The molecule has 0 bridgehead atoms. The molecule has 0 N–H and O–H groups in total. The molecular formula is C18H16N4OS. The second-order valence-corrected chi connectivity index (χ2v) is 6.48. The molecule has 5 nitrogen and oxygen atoms in total. The van der Waals surface area contributed by atoms with Crippen molar-refractivity contribution in [2.45, 2.75) is 17.8 Å². The standard InChI is InChI=1S/C18H16N4OS/c1-12-15(8-10-23-12)17-20-21-18(22(17)2)24-11-14-6-3-5-13-7-4-9-19-16(13)14/h3-10H,11H2,1-2H3. The summed E-state index contributed by atoms with van der Waals surface area (Å²) in [4.78, 5) is 4.50. The Morgan fingerprint density at radius 1 is 1.12 bits per heavy atom. The van der Waals surface area contributed by atoms with Gasteiger partial charge < -0.3 is 8.98 Å². The molecule has 0 unspecified atom stereocenters. The second-order valence-electron chi connectivity index (χ2n) is 5.54. The lowest BCUT2D eigenvalue weighted by atomic mass is 10.1. The zero-order chi connectivity index (χ0) is 16.5. The maximum absolute atomic E-state index is 5.36. The largest absolute Gasteiger partial charge is 0.469 e. The van der Waals surface area contributed by atoms with E-state index in [2.05, 4.69) is 39.4 Å². The Labute approximate surface area is 143 Å². The Bertz CT molecular complexity index is 1000. The van der Waals surface area contributed by atoms with E-state index < -0.39 is 0 Å². The lowest BCUT2D eigenvalue weighted by Crippen LogP contribution is -1.95. The molecule has 3 aromatic heterocycles. The topological polar surface area (TPSA) is 56.7 Å². The Morgan fingerprint density at radius 3 is 2.83 bits per heavy atom. The monoisotopic (exact) mass is 336 g/mol. The summed E-state index contributed by atoms with van der Waals surface area (Å²) in [5.74, 6) is 2.46. The fraction of sp³-hybridized carbons (Fsp3) is 0.167. The summed E-state index contributed by atoms with van der Waals surface area (Å²) in [6.07, 6.45) is 3.51. The summed E-state index contributed by atoms with van der Waals surface area (Å²) in [5, 5.41) is 10.7. The van der Waals surface area contributed by atoms with Crippen LogP contribution in [-0.4, -0.2) is 19.7 Å². The van der Waals surface area contributed by atoms with Crippen LogP contribution in [0.25, 0.3) is 22.3 Å². The third-order valence-corrected chi connectivity index (χ3v) is 5.08. The first-order valence-corrected chi connectivity index (χ1v) is 8.62. The molecule has 0 saturated heterocycles. The molecule has 0 spiro atoms. The van der Waals surface area contributed by atoms with Gasteiger partial charge in [0.2, 0.25) is 0 Å². The van der Waals surface area contributed by atoms with Crippen molar-refractivity contribution < 1.29 is 4.42 Å². The first-order valence-electron chi connectivity index (χ1n) is 7.63. The van der Waals surface area contributed by atoms with Crippen LogP contribution in [0.1, 0.15) is 11.3 Å². The molecule has 0 aliphatic heterocycles. The zero-order valence-electron chi connectivity index (χ0n) is 13.4. The van der Waals surface area contributed by atoms with Crippen molar-refractivity contribution in [2.75, 3.05) is 0 Å². The summed E-state index contributed by atoms with van der Waals surface area (Å²) in [6.45, 7) is 1.93. The average Bonchev–Trinajstić information content (AvgIpc) is 3.18. The maximum Gasteiger partial charge on any atom is 0.191 e. The number of aryl methyl sites for hydroxylation is 1. The minimum absolute atomic E-state index is 0.796. The van der Waals surface area contributed by atoms with E-state index in [0.29, 0.717) is 0 Å². The van der Waals surface area contributed by atoms with Crippen LogP contribution in [0.4, 0.5) is 0 Å². The molecule has 0 atom stereocenters. The highest BCUT2D eigenvalue weighted by molar-refractivity contribution is 7.98. The second kappa shape index (κ2) is 6.13. The predicted octanol–water partition coefficient (Wildman–Crippen LogP) is 4.22. The van der Waals surface area contributed by atoms with Gasteiger partial charge >= 0.3 is 0 Å². The Kier molecular flexibility index (Phi) is 3.82. The van der Waals surface area contributed by atoms with Gasteiger partial charge in [-0.3, -0.25) is 4.98 Å². The van der Waals surface area contributed by atoms with Crippen LogP contribution in [0.5, 0.6) is 0 Å². The van der Waals surface area contributed by atoms with Crippen molar-refractivity contribution in [3.05, 3.63) is 60.2 Å². The van der Waals surface area contributed by atoms with Gasteiger partial charge in [0.1, 0.15) is 5.76 Å². The van der Waals surface area contributed by atoms with Crippen molar-refractivity contribution in [1.29, 1.82) is 0 Å². The Hall–Kier alpha value is -2.60. The summed E-state index contributed by atoms with van der Waals surface area (Å²) < 4.78 is 7.37. The van der Waals surface area contributed by atoms with Crippen molar-refractivity contribution in [3.63, 3.8) is 0 Å².